The number of aromatic amines is 1. The van der Waals surface area contributed by atoms with Gasteiger partial charge in [-0.15, -0.1) is 0 Å². The first-order chi connectivity index (χ1) is 9.16. The molecular weight excluding hydrogens is 250 g/mol. The molecule has 19 heavy (non-hydrogen) atoms. The first kappa shape index (κ1) is 11.6. The highest BCUT2D eigenvalue weighted by atomic mass is 19.1. The normalized spacial score (nSPS) is 11.1. The van der Waals surface area contributed by atoms with Crippen LogP contribution in [0.4, 0.5) is 8.78 Å². The average molecular weight is 260 g/mol. The second-order valence-corrected chi connectivity index (χ2v) is 4.25. The Kier molecular flexibility index (Phi) is 2.67. The van der Waals surface area contributed by atoms with Crippen molar-refractivity contribution >= 4 is 11.0 Å². The van der Waals surface area contributed by atoms with Gasteiger partial charge < -0.3 is 10.1 Å². The van der Waals surface area contributed by atoms with Gasteiger partial charge in [-0.05, 0) is 29.8 Å². The van der Waals surface area contributed by atoms with E-state index in [0.717, 1.165) is 23.1 Å². The smallest absolute Gasteiger partial charge is 0.171 e. The van der Waals surface area contributed by atoms with Gasteiger partial charge in [0.05, 0.1) is 0 Å². The Bertz CT molecular complexity index is 752. The van der Waals surface area contributed by atoms with Crippen LogP contribution >= 0.6 is 0 Å². The third kappa shape index (κ3) is 1.93. The fourth-order valence-corrected chi connectivity index (χ4v) is 2.10. The van der Waals surface area contributed by atoms with Gasteiger partial charge in [0, 0.05) is 29.8 Å². The number of phenols is 1. The molecule has 0 fully saturated rings. The monoisotopic (exact) mass is 260 g/mol. The first-order valence-electron chi connectivity index (χ1n) is 5.73. The third-order valence-corrected chi connectivity index (χ3v) is 3.07. The van der Waals surface area contributed by atoms with Gasteiger partial charge in [0.2, 0.25) is 0 Å². The number of fused-ring (bicyclic) bond motifs is 1. The summed E-state index contributed by atoms with van der Waals surface area (Å²) in [6.45, 7) is 0. The Morgan fingerprint density at radius 1 is 1.21 bits per heavy atom. The Morgan fingerprint density at radius 3 is 2.89 bits per heavy atom. The summed E-state index contributed by atoms with van der Waals surface area (Å²) in [6.07, 6.45) is 3.36. The number of nitrogens with zero attached hydrogens (tertiary/aromatic N) is 1. The molecular formula is C14H10F2N2O. The Balaban J connectivity index is 2.09. The fraction of sp³-hybridized carbons (Fsp3) is 0.0714. The molecule has 0 radical (unpaired) electrons. The molecule has 3 rings (SSSR count). The molecule has 0 aliphatic rings. The van der Waals surface area contributed by atoms with Crippen molar-refractivity contribution in [1.82, 2.24) is 9.97 Å². The molecule has 2 heterocycles. The highest BCUT2D eigenvalue weighted by Crippen LogP contribution is 2.26. The van der Waals surface area contributed by atoms with E-state index in [4.69, 9.17) is 0 Å². The second kappa shape index (κ2) is 4.35. The summed E-state index contributed by atoms with van der Waals surface area (Å²) < 4.78 is 27.4. The summed E-state index contributed by atoms with van der Waals surface area (Å²) in [5.41, 5.74) is 1.25. The number of phenolic OH excluding ortho intramolecular Hbond substituents is 1. The SMILES string of the molecule is Oc1ccc(F)c(Cc2c[nH]c3ncccc23)c1F. The third-order valence-electron chi connectivity index (χ3n) is 3.07. The minimum atomic E-state index is -0.918. The summed E-state index contributed by atoms with van der Waals surface area (Å²) in [4.78, 5) is 7.06. The molecule has 3 aromatic rings. The maximum Gasteiger partial charge on any atom is 0.171 e. The molecule has 0 spiro atoms. The Morgan fingerprint density at radius 2 is 2.05 bits per heavy atom. The van der Waals surface area contributed by atoms with Gasteiger partial charge in [-0.2, -0.15) is 0 Å². The van der Waals surface area contributed by atoms with E-state index >= 15 is 0 Å². The number of rotatable bonds is 2. The quantitative estimate of drug-likeness (QED) is 0.743. The number of aromatic hydroxyl groups is 1. The van der Waals surface area contributed by atoms with E-state index in [0.29, 0.717) is 5.65 Å². The first-order valence-corrected chi connectivity index (χ1v) is 5.73. The molecule has 2 aromatic heterocycles. The number of aromatic nitrogens is 2. The zero-order valence-electron chi connectivity index (χ0n) is 9.82. The van der Waals surface area contributed by atoms with E-state index in [2.05, 4.69) is 9.97 Å². The molecule has 2 N–H and O–H groups in total. The molecule has 0 saturated heterocycles. The molecule has 0 amide bonds. The summed E-state index contributed by atoms with van der Waals surface area (Å²) in [5, 5.41) is 10.1. The highest BCUT2D eigenvalue weighted by Gasteiger charge is 2.15. The number of hydrogen-bond donors (Lipinski definition) is 2. The molecule has 3 nitrogen and oxygen atoms in total. The molecule has 5 heteroatoms. The van der Waals surface area contributed by atoms with Crippen LogP contribution in [0.1, 0.15) is 11.1 Å². The van der Waals surface area contributed by atoms with E-state index in [-0.39, 0.29) is 12.0 Å². The van der Waals surface area contributed by atoms with Gasteiger partial charge >= 0.3 is 0 Å². The number of pyridine rings is 1. The van der Waals surface area contributed by atoms with Crippen molar-refractivity contribution in [2.24, 2.45) is 0 Å². The van der Waals surface area contributed by atoms with Crippen LogP contribution in [0.5, 0.6) is 5.75 Å². The molecule has 96 valence electrons. The zero-order chi connectivity index (χ0) is 13.4. The molecule has 1 aromatic carbocycles. The zero-order valence-corrected chi connectivity index (χ0v) is 9.82. The van der Waals surface area contributed by atoms with Gasteiger partial charge in [0.25, 0.3) is 0 Å². The van der Waals surface area contributed by atoms with E-state index in [9.17, 15) is 13.9 Å². The molecule has 0 aliphatic heterocycles. The van der Waals surface area contributed by atoms with E-state index in [1.165, 1.54) is 0 Å². The van der Waals surface area contributed by atoms with Crippen LogP contribution in [0.3, 0.4) is 0 Å². The summed E-state index contributed by atoms with van der Waals surface area (Å²) in [7, 11) is 0. The Hall–Kier alpha value is -2.43. The van der Waals surface area contributed by atoms with E-state index < -0.39 is 17.4 Å². The Labute approximate surface area is 107 Å². The minimum absolute atomic E-state index is 0.0533. The maximum absolute atomic E-state index is 13.7. The number of benzene rings is 1. The molecule has 0 atom stereocenters. The summed E-state index contributed by atoms with van der Waals surface area (Å²) >= 11 is 0. The largest absolute Gasteiger partial charge is 0.505 e. The van der Waals surface area contributed by atoms with Gasteiger partial charge in [0.1, 0.15) is 11.5 Å². The molecule has 0 unspecified atom stereocenters. The topological polar surface area (TPSA) is 48.9 Å². The maximum atomic E-state index is 13.7. The number of halogens is 2. The molecule has 0 bridgehead atoms. The van der Waals surface area contributed by atoms with Crippen LogP contribution in [0.2, 0.25) is 0 Å². The van der Waals surface area contributed by atoms with Crippen LogP contribution in [-0.4, -0.2) is 15.1 Å². The van der Waals surface area contributed by atoms with Crippen molar-refractivity contribution < 1.29 is 13.9 Å². The lowest BCUT2D eigenvalue weighted by Gasteiger charge is -2.05. The van der Waals surface area contributed by atoms with E-state index in [1.54, 1.807) is 18.5 Å². The number of nitrogens with one attached hydrogen (secondary N) is 1. The highest BCUT2D eigenvalue weighted by molar-refractivity contribution is 5.79. The molecule has 0 saturated carbocycles. The van der Waals surface area contributed by atoms with E-state index in [1.807, 2.05) is 6.07 Å². The lowest BCUT2D eigenvalue weighted by Crippen LogP contribution is -1.97. The summed E-state index contributed by atoms with van der Waals surface area (Å²) in [5.74, 6) is -2.14. The van der Waals surface area contributed by atoms with Crippen molar-refractivity contribution in [3.8, 4) is 5.75 Å². The standard InChI is InChI=1S/C14H10F2N2O/c15-11-3-4-12(19)13(16)10(11)6-8-7-18-14-9(8)2-1-5-17-14/h1-5,7,19H,6H2,(H,17,18). The van der Waals surface area contributed by atoms with Crippen molar-refractivity contribution in [3.05, 3.63) is 59.4 Å². The minimum Gasteiger partial charge on any atom is -0.505 e. The molecule has 0 aliphatic carbocycles. The van der Waals surface area contributed by atoms with Crippen molar-refractivity contribution in [2.75, 3.05) is 0 Å². The lowest BCUT2D eigenvalue weighted by atomic mass is 10.0. The van der Waals surface area contributed by atoms with Crippen LogP contribution in [-0.2, 0) is 6.42 Å². The van der Waals surface area contributed by atoms with Crippen molar-refractivity contribution in [1.29, 1.82) is 0 Å². The number of hydrogen-bond acceptors (Lipinski definition) is 2. The van der Waals surface area contributed by atoms with Crippen molar-refractivity contribution in [2.45, 2.75) is 6.42 Å². The van der Waals surface area contributed by atoms with Crippen LogP contribution in [0.15, 0.2) is 36.7 Å². The van der Waals surface area contributed by atoms with Gasteiger partial charge in [-0.25, -0.2) is 13.8 Å². The van der Waals surface area contributed by atoms with Gasteiger partial charge in [0.15, 0.2) is 11.6 Å². The van der Waals surface area contributed by atoms with Crippen molar-refractivity contribution in [3.63, 3.8) is 0 Å². The predicted octanol–water partition coefficient (Wildman–Crippen LogP) is 3.14. The fourth-order valence-electron chi connectivity index (χ4n) is 2.10. The average Bonchev–Trinajstić information content (AvgIpc) is 2.83. The van der Waals surface area contributed by atoms with Gasteiger partial charge in [-0.3, -0.25) is 0 Å². The van der Waals surface area contributed by atoms with Crippen LogP contribution in [0.25, 0.3) is 11.0 Å². The summed E-state index contributed by atoms with van der Waals surface area (Å²) in [6, 6.07) is 5.65. The van der Waals surface area contributed by atoms with Crippen LogP contribution in [0, 0.1) is 11.6 Å². The van der Waals surface area contributed by atoms with Crippen LogP contribution < -0.4 is 0 Å². The van der Waals surface area contributed by atoms with Gasteiger partial charge in [-0.1, -0.05) is 0 Å². The second-order valence-electron chi connectivity index (χ2n) is 4.25. The lowest BCUT2D eigenvalue weighted by molar-refractivity contribution is 0.423. The number of H-pyrrole nitrogens is 1. The predicted molar refractivity (Wildman–Crippen MR) is 66.9 cm³/mol.